The number of hydrogen-bond acceptors (Lipinski definition) is 5. The van der Waals surface area contributed by atoms with Crippen molar-refractivity contribution in [2.24, 2.45) is 0 Å². The number of halogens is 1. The molecule has 1 aliphatic rings. The van der Waals surface area contributed by atoms with Crippen LogP contribution in [0.4, 0.5) is 5.69 Å². The van der Waals surface area contributed by atoms with Gasteiger partial charge in [-0.1, -0.05) is 11.6 Å². The van der Waals surface area contributed by atoms with Crippen LogP contribution in [0.3, 0.4) is 0 Å². The minimum atomic E-state index is 0.648. The van der Waals surface area contributed by atoms with Crippen LogP contribution in [-0.4, -0.2) is 59.5 Å². The summed E-state index contributed by atoms with van der Waals surface area (Å²) in [6.07, 6.45) is 1.90. The number of rotatable bonds is 5. The third-order valence-corrected chi connectivity index (χ3v) is 5.44. The van der Waals surface area contributed by atoms with Crippen LogP contribution in [0.25, 0.3) is 11.0 Å². The third-order valence-electron chi connectivity index (χ3n) is 5.13. The molecule has 0 unspecified atom stereocenters. The van der Waals surface area contributed by atoms with E-state index in [0.717, 1.165) is 67.4 Å². The number of aromatic nitrogens is 3. The number of fused-ring (bicyclic) bond motifs is 1. The van der Waals surface area contributed by atoms with Crippen LogP contribution in [0, 0.1) is 6.92 Å². The molecule has 1 fully saturated rings. The number of hydrogen-bond donors (Lipinski definition) is 0. The second kappa shape index (κ2) is 7.74. The van der Waals surface area contributed by atoms with Gasteiger partial charge in [0.25, 0.3) is 0 Å². The maximum Gasteiger partial charge on any atom is 0.158 e. The molecule has 7 heteroatoms. The Morgan fingerprint density at radius 2 is 1.89 bits per heavy atom. The van der Waals surface area contributed by atoms with Crippen LogP contribution in [0.2, 0.25) is 5.02 Å². The molecule has 6 nitrogen and oxygen atoms in total. The van der Waals surface area contributed by atoms with Crippen LogP contribution < -0.4 is 9.64 Å². The first-order chi connectivity index (χ1) is 13.1. The van der Waals surface area contributed by atoms with Crippen molar-refractivity contribution in [3.63, 3.8) is 0 Å². The highest BCUT2D eigenvalue weighted by Gasteiger charge is 2.18. The molecule has 0 spiro atoms. The molecule has 1 saturated heterocycles. The first kappa shape index (κ1) is 18.1. The van der Waals surface area contributed by atoms with Crippen molar-refractivity contribution in [2.45, 2.75) is 13.5 Å². The van der Waals surface area contributed by atoms with Gasteiger partial charge in [-0.2, -0.15) is 5.10 Å². The summed E-state index contributed by atoms with van der Waals surface area (Å²) in [6, 6.07) is 10.1. The second-order valence-corrected chi connectivity index (χ2v) is 7.29. The molecule has 1 aromatic carbocycles. The van der Waals surface area contributed by atoms with Gasteiger partial charge in [0, 0.05) is 55.6 Å². The van der Waals surface area contributed by atoms with E-state index in [1.165, 1.54) is 0 Å². The fraction of sp³-hybridized carbons (Fsp3) is 0.400. The summed E-state index contributed by atoms with van der Waals surface area (Å²) in [7, 11) is 1.65. The van der Waals surface area contributed by atoms with E-state index in [1.54, 1.807) is 7.11 Å². The highest BCUT2D eigenvalue weighted by Crippen LogP contribution is 2.29. The van der Waals surface area contributed by atoms with Crippen LogP contribution in [0.5, 0.6) is 5.75 Å². The number of methoxy groups -OCH3 is 1. The lowest BCUT2D eigenvalue weighted by Gasteiger charge is -2.36. The average Bonchev–Trinajstić information content (AvgIpc) is 3.09. The topological polar surface area (TPSA) is 46.4 Å². The summed E-state index contributed by atoms with van der Waals surface area (Å²) < 4.78 is 7.35. The summed E-state index contributed by atoms with van der Waals surface area (Å²) in [6.45, 7) is 7.87. The molecule has 3 aromatic rings. The van der Waals surface area contributed by atoms with E-state index in [4.69, 9.17) is 16.3 Å². The molecule has 0 aliphatic carbocycles. The SMILES string of the molecule is COc1cc(N2CCN(CCn3ncc4ccc(C)nc43)CC2)ccc1Cl. The molecule has 0 saturated carbocycles. The zero-order chi connectivity index (χ0) is 18.8. The van der Waals surface area contributed by atoms with E-state index < -0.39 is 0 Å². The predicted octanol–water partition coefficient (Wildman–Crippen LogP) is 3.22. The molecule has 142 valence electrons. The van der Waals surface area contributed by atoms with E-state index in [1.807, 2.05) is 36.0 Å². The van der Waals surface area contributed by atoms with Gasteiger partial charge < -0.3 is 9.64 Å². The molecule has 0 atom stereocenters. The van der Waals surface area contributed by atoms with Crippen LogP contribution in [0.1, 0.15) is 5.69 Å². The van der Waals surface area contributed by atoms with Crippen molar-refractivity contribution in [3.05, 3.63) is 47.2 Å². The predicted molar refractivity (Wildman–Crippen MR) is 109 cm³/mol. The Balaban J connectivity index is 1.35. The third kappa shape index (κ3) is 3.87. The van der Waals surface area contributed by atoms with Gasteiger partial charge >= 0.3 is 0 Å². The number of piperazine rings is 1. The first-order valence-corrected chi connectivity index (χ1v) is 9.62. The fourth-order valence-corrected chi connectivity index (χ4v) is 3.72. The molecule has 0 bridgehead atoms. The maximum absolute atomic E-state index is 6.13. The molecule has 2 aromatic heterocycles. The lowest BCUT2D eigenvalue weighted by molar-refractivity contribution is 0.245. The van der Waals surface area contributed by atoms with Gasteiger partial charge in [-0.05, 0) is 31.2 Å². The Hall–Kier alpha value is -2.31. The first-order valence-electron chi connectivity index (χ1n) is 9.24. The van der Waals surface area contributed by atoms with Crippen molar-refractivity contribution >= 4 is 28.3 Å². The molecular weight excluding hydrogens is 362 g/mol. The maximum atomic E-state index is 6.13. The van der Waals surface area contributed by atoms with E-state index in [2.05, 4.69) is 32.0 Å². The minimum Gasteiger partial charge on any atom is -0.495 e. The Morgan fingerprint density at radius 3 is 2.67 bits per heavy atom. The standard InChI is InChI=1S/C20H24ClN5O/c1-15-3-4-16-14-22-26(20(16)23-15)12-9-24-7-10-25(11-8-24)17-5-6-18(21)19(13-17)27-2/h3-6,13-14H,7-12H2,1-2H3. The molecule has 0 amide bonds. The number of aryl methyl sites for hydroxylation is 1. The average molecular weight is 386 g/mol. The zero-order valence-electron chi connectivity index (χ0n) is 15.7. The number of pyridine rings is 1. The quantitative estimate of drug-likeness (QED) is 0.674. The molecule has 27 heavy (non-hydrogen) atoms. The Bertz CT molecular complexity index is 933. The number of benzene rings is 1. The number of nitrogens with zero attached hydrogens (tertiary/aromatic N) is 5. The minimum absolute atomic E-state index is 0.648. The lowest BCUT2D eigenvalue weighted by Crippen LogP contribution is -2.47. The highest BCUT2D eigenvalue weighted by molar-refractivity contribution is 6.32. The van der Waals surface area contributed by atoms with Gasteiger partial charge in [-0.25, -0.2) is 9.67 Å². The van der Waals surface area contributed by atoms with E-state index in [0.29, 0.717) is 5.02 Å². The van der Waals surface area contributed by atoms with Crippen LogP contribution in [-0.2, 0) is 6.54 Å². The monoisotopic (exact) mass is 385 g/mol. The van der Waals surface area contributed by atoms with Gasteiger partial charge in [-0.15, -0.1) is 0 Å². The number of ether oxygens (including phenoxy) is 1. The molecule has 0 N–H and O–H groups in total. The molecule has 0 radical (unpaired) electrons. The Labute approximate surface area is 164 Å². The lowest BCUT2D eigenvalue weighted by atomic mass is 10.2. The summed E-state index contributed by atoms with van der Waals surface area (Å²) >= 11 is 6.13. The summed E-state index contributed by atoms with van der Waals surface area (Å²) in [5, 5.41) is 6.25. The second-order valence-electron chi connectivity index (χ2n) is 6.88. The highest BCUT2D eigenvalue weighted by atomic mass is 35.5. The van der Waals surface area contributed by atoms with Crippen LogP contribution >= 0.6 is 11.6 Å². The van der Waals surface area contributed by atoms with Gasteiger partial charge in [-0.3, -0.25) is 4.90 Å². The van der Waals surface area contributed by atoms with E-state index in [9.17, 15) is 0 Å². The van der Waals surface area contributed by atoms with E-state index in [-0.39, 0.29) is 0 Å². The van der Waals surface area contributed by atoms with Crippen molar-refractivity contribution in [3.8, 4) is 5.75 Å². The van der Waals surface area contributed by atoms with Crippen molar-refractivity contribution in [2.75, 3.05) is 44.7 Å². The Morgan fingerprint density at radius 1 is 1.07 bits per heavy atom. The van der Waals surface area contributed by atoms with Crippen molar-refractivity contribution in [1.82, 2.24) is 19.7 Å². The van der Waals surface area contributed by atoms with Crippen LogP contribution in [0.15, 0.2) is 36.5 Å². The summed E-state index contributed by atoms with van der Waals surface area (Å²) in [4.78, 5) is 9.48. The van der Waals surface area contributed by atoms with E-state index >= 15 is 0 Å². The molecule has 4 rings (SSSR count). The molecular formula is C20H24ClN5O. The van der Waals surface area contributed by atoms with Gasteiger partial charge in [0.05, 0.1) is 24.9 Å². The number of anilines is 1. The largest absolute Gasteiger partial charge is 0.495 e. The van der Waals surface area contributed by atoms with Gasteiger partial charge in [0.1, 0.15) is 5.75 Å². The molecule has 3 heterocycles. The fourth-order valence-electron chi connectivity index (χ4n) is 3.52. The van der Waals surface area contributed by atoms with Crippen molar-refractivity contribution < 1.29 is 4.74 Å². The van der Waals surface area contributed by atoms with Crippen molar-refractivity contribution in [1.29, 1.82) is 0 Å². The Kier molecular flexibility index (Phi) is 5.18. The molecule has 1 aliphatic heterocycles. The summed E-state index contributed by atoms with van der Waals surface area (Å²) in [5.74, 6) is 0.727. The summed E-state index contributed by atoms with van der Waals surface area (Å²) in [5.41, 5.74) is 3.16. The zero-order valence-corrected chi connectivity index (χ0v) is 16.5. The smallest absolute Gasteiger partial charge is 0.158 e. The normalized spacial score (nSPS) is 15.4. The van der Waals surface area contributed by atoms with Gasteiger partial charge in [0.2, 0.25) is 0 Å². The van der Waals surface area contributed by atoms with Gasteiger partial charge in [0.15, 0.2) is 5.65 Å².